The predicted octanol–water partition coefficient (Wildman–Crippen LogP) is 1.45. The second-order valence-corrected chi connectivity index (χ2v) is 4.87. The van der Waals surface area contributed by atoms with Crippen LogP contribution < -0.4 is 11.1 Å². The second-order valence-electron chi connectivity index (χ2n) is 4.87. The fraction of sp³-hybridized carbons (Fsp3) is 0.833. The standard InChI is InChI=1S/C12H23N3O2/c1-4-12(5-2,10(13)15-17)11(16)14-8(3)9-6-7-9/h8-9,17H,4-7H2,1-3H3,(H2,13,15)(H,14,16). The summed E-state index contributed by atoms with van der Waals surface area (Å²) in [5.41, 5.74) is 4.80. The molecule has 1 aliphatic rings. The monoisotopic (exact) mass is 241 g/mol. The normalized spacial score (nSPS) is 18.9. The molecule has 1 rings (SSSR count). The molecular weight excluding hydrogens is 218 g/mol. The number of nitrogens with one attached hydrogen (secondary N) is 1. The van der Waals surface area contributed by atoms with Gasteiger partial charge >= 0.3 is 0 Å². The summed E-state index contributed by atoms with van der Waals surface area (Å²) < 4.78 is 0. The van der Waals surface area contributed by atoms with E-state index in [1.54, 1.807) is 0 Å². The van der Waals surface area contributed by atoms with Gasteiger partial charge in [0.2, 0.25) is 5.91 Å². The van der Waals surface area contributed by atoms with Crippen molar-refractivity contribution in [2.24, 2.45) is 22.2 Å². The molecule has 0 saturated heterocycles. The van der Waals surface area contributed by atoms with Crippen LogP contribution in [0.5, 0.6) is 0 Å². The Morgan fingerprint density at radius 3 is 2.41 bits per heavy atom. The summed E-state index contributed by atoms with van der Waals surface area (Å²) in [4.78, 5) is 12.3. The Morgan fingerprint density at radius 2 is 2.06 bits per heavy atom. The molecule has 1 unspecified atom stereocenters. The maximum Gasteiger partial charge on any atom is 0.234 e. The van der Waals surface area contributed by atoms with Crippen molar-refractivity contribution in [2.45, 2.75) is 52.5 Å². The van der Waals surface area contributed by atoms with Crippen molar-refractivity contribution >= 4 is 11.7 Å². The summed E-state index contributed by atoms with van der Waals surface area (Å²) >= 11 is 0. The highest BCUT2D eigenvalue weighted by molar-refractivity contribution is 6.06. The number of nitrogens with two attached hydrogens (primary N) is 1. The van der Waals surface area contributed by atoms with E-state index in [4.69, 9.17) is 10.9 Å². The molecule has 5 heteroatoms. The molecule has 0 aromatic rings. The highest BCUT2D eigenvalue weighted by atomic mass is 16.4. The number of hydrogen-bond donors (Lipinski definition) is 3. The molecule has 1 amide bonds. The minimum Gasteiger partial charge on any atom is -0.409 e. The molecule has 1 atom stereocenters. The van der Waals surface area contributed by atoms with E-state index >= 15 is 0 Å². The maximum absolute atomic E-state index is 12.3. The Morgan fingerprint density at radius 1 is 1.53 bits per heavy atom. The number of hydrogen-bond acceptors (Lipinski definition) is 3. The summed E-state index contributed by atoms with van der Waals surface area (Å²) in [7, 11) is 0. The molecule has 98 valence electrons. The van der Waals surface area contributed by atoms with Crippen LogP contribution in [0.15, 0.2) is 5.16 Å². The highest BCUT2D eigenvalue weighted by Crippen LogP contribution is 2.34. The summed E-state index contributed by atoms with van der Waals surface area (Å²) in [6.07, 6.45) is 3.41. The van der Waals surface area contributed by atoms with Crippen molar-refractivity contribution in [1.29, 1.82) is 0 Å². The van der Waals surface area contributed by atoms with Crippen LogP contribution >= 0.6 is 0 Å². The summed E-state index contributed by atoms with van der Waals surface area (Å²) in [5.74, 6) is 0.470. The Bertz CT molecular complexity index is 307. The molecule has 0 heterocycles. The third-order valence-corrected chi connectivity index (χ3v) is 3.93. The van der Waals surface area contributed by atoms with Gasteiger partial charge in [-0.05, 0) is 38.5 Å². The van der Waals surface area contributed by atoms with Gasteiger partial charge in [0.1, 0.15) is 5.41 Å². The number of amides is 1. The van der Waals surface area contributed by atoms with Gasteiger partial charge in [-0.2, -0.15) is 0 Å². The van der Waals surface area contributed by atoms with Crippen LogP contribution in [0.4, 0.5) is 0 Å². The zero-order valence-electron chi connectivity index (χ0n) is 10.9. The third-order valence-electron chi connectivity index (χ3n) is 3.93. The molecule has 1 aliphatic carbocycles. The largest absolute Gasteiger partial charge is 0.409 e. The molecule has 0 radical (unpaired) electrons. The maximum atomic E-state index is 12.3. The number of carbonyl (C=O) groups excluding carboxylic acids is 1. The van der Waals surface area contributed by atoms with E-state index in [1.165, 1.54) is 12.8 Å². The number of nitrogens with zero attached hydrogens (tertiary/aromatic N) is 1. The molecule has 0 aromatic heterocycles. The lowest BCUT2D eigenvalue weighted by Crippen LogP contribution is -2.51. The lowest BCUT2D eigenvalue weighted by atomic mass is 9.80. The van der Waals surface area contributed by atoms with Crippen LogP contribution in [0.1, 0.15) is 46.5 Å². The number of carbonyl (C=O) groups is 1. The molecule has 1 fully saturated rings. The fourth-order valence-corrected chi connectivity index (χ4v) is 2.20. The first-order valence-corrected chi connectivity index (χ1v) is 6.30. The topological polar surface area (TPSA) is 87.7 Å². The molecule has 5 nitrogen and oxygen atoms in total. The quantitative estimate of drug-likeness (QED) is 0.285. The van der Waals surface area contributed by atoms with Crippen LogP contribution in [0.25, 0.3) is 0 Å². The molecule has 17 heavy (non-hydrogen) atoms. The van der Waals surface area contributed by atoms with Crippen LogP contribution in [0.3, 0.4) is 0 Å². The smallest absolute Gasteiger partial charge is 0.234 e. The zero-order chi connectivity index (χ0) is 13.1. The Hall–Kier alpha value is -1.26. The van der Waals surface area contributed by atoms with Crippen LogP contribution in [0.2, 0.25) is 0 Å². The van der Waals surface area contributed by atoms with Gasteiger partial charge in [-0.25, -0.2) is 0 Å². The van der Waals surface area contributed by atoms with Crippen molar-refractivity contribution in [3.05, 3.63) is 0 Å². The Balaban J connectivity index is 2.78. The molecule has 0 spiro atoms. The van der Waals surface area contributed by atoms with Gasteiger partial charge in [-0.1, -0.05) is 19.0 Å². The van der Waals surface area contributed by atoms with Crippen molar-refractivity contribution in [2.75, 3.05) is 0 Å². The van der Waals surface area contributed by atoms with Gasteiger partial charge in [0, 0.05) is 6.04 Å². The van der Waals surface area contributed by atoms with Crippen molar-refractivity contribution in [3.8, 4) is 0 Å². The van der Waals surface area contributed by atoms with E-state index in [0.29, 0.717) is 18.8 Å². The van der Waals surface area contributed by atoms with Gasteiger partial charge in [0.25, 0.3) is 0 Å². The van der Waals surface area contributed by atoms with Gasteiger partial charge in [-0.15, -0.1) is 0 Å². The number of rotatable bonds is 6. The molecule has 4 N–H and O–H groups in total. The highest BCUT2D eigenvalue weighted by Gasteiger charge is 2.41. The number of oxime groups is 1. The molecule has 0 bridgehead atoms. The minimum absolute atomic E-state index is 0.00277. The van der Waals surface area contributed by atoms with E-state index in [0.717, 1.165) is 0 Å². The summed E-state index contributed by atoms with van der Waals surface area (Å²) in [5, 5.41) is 14.8. The van der Waals surface area contributed by atoms with Crippen molar-refractivity contribution in [3.63, 3.8) is 0 Å². The second kappa shape index (κ2) is 5.38. The van der Waals surface area contributed by atoms with E-state index in [9.17, 15) is 4.79 Å². The van der Waals surface area contributed by atoms with Crippen LogP contribution in [-0.4, -0.2) is 23.0 Å². The molecular formula is C12H23N3O2. The third kappa shape index (κ3) is 2.70. The fourth-order valence-electron chi connectivity index (χ4n) is 2.20. The summed E-state index contributed by atoms with van der Waals surface area (Å²) in [6.45, 7) is 5.77. The zero-order valence-corrected chi connectivity index (χ0v) is 10.9. The van der Waals surface area contributed by atoms with Gasteiger partial charge in [0.05, 0.1) is 0 Å². The van der Waals surface area contributed by atoms with Gasteiger partial charge in [-0.3, -0.25) is 4.79 Å². The van der Waals surface area contributed by atoms with Gasteiger partial charge < -0.3 is 16.3 Å². The van der Waals surface area contributed by atoms with E-state index < -0.39 is 5.41 Å². The van der Waals surface area contributed by atoms with Crippen molar-refractivity contribution < 1.29 is 10.0 Å². The lowest BCUT2D eigenvalue weighted by Gasteiger charge is -2.30. The van der Waals surface area contributed by atoms with Gasteiger partial charge in [0.15, 0.2) is 5.84 Å². The average Bonchev–Trinajstić information content (AvgIpc) is 3.14. The number of amidine groups is 1. The average molecular weight is 241 g/mol. The predicted molar refractivity (Wildman–Crippen MR) is 66.8 cm³/mol. The van der Waals surface area contributed by atoms with E-state index in [-0.39, 0.29) is 17.8 Å². The minimum atomic E-state index is -0.877. The van der Waals surface area contributed by atoms with E-state index in [1.807, 2.05) is 20.8 Å². The Labute approximate surface area is 102 Å². The van der Waals surface area contributed by atoms with Crippen molar-refractivity contribution in [1.82, 2.24) is 5.32 Å². The van der Waals surface area contributed by atoms with E-state index in [2.05, 4.69) is 10.5 Å². The Kier molecular flexibility index (Phi) is 4.37. The first-order valence-electron chi connectivity index (χ1n) is 6.30. The summed E-state index contributed by atoms with van der Waals surface area (Å²) in [6, 6.07) is 0.173. The molecule has 0 aliphatic heterocycles. The lowest BCUT2D eigenvalue weighted by molar-refractivity contribution is -0.128. The molecule has 0 aromatic carbocycles. The first kappa shape index (κ1) is 13.8. The first-order chi connectivity index (χ1) is 8.01. The SMILES string of the molecule is CCC(CC)(C(=O)NC(C)C1CC1)C(N)=NO. The van der Waals surface area contributed by atoms with Crippen LogP contribution in [0, 0.1) is 11.3 Å². The van der Waals surface area contributed by atoms with Crippen LogP contribution in [-0.2, 0) is 4.79 Å². The molecule has 1 saturated carbocycles.